The standard InChI is InChI=1S/C12H13ClN2O3/c1-7(16)10-5-9(13)3-4-11(10)17-6-12-15-14-8(2)18-12/h3-5,7,16H,6H2,1-2H3/t7-/m0/s1. The van der Waals surface area contributed by atoms with Crippen LogP contribution in [0.4, 0.5) is 0 Å². The molecule has 0 radical (unpaired) electrons. The predicted molar refractivity (Wildman–Crippen MR) is 65.5 cm³/mol. The van der Waals surface area contributed by atoms with Gasteiger partial charge in [-0.15, -0.1) is 10.2 Å². The Hall–Kier alpha value is -1.59. The third-order valence-corrected chi connectivity index (χ3v) is 2.58. The molecule has 0 aliphatic carbocycles. The lowest BCUT2D eigenvalue weighted by Crippen LogP contribution is -2.01. The zero-order chi connectivity index (χ0) is 13.1. The van der Waals surface area contributed by atoms with E-state index < -0.39 is 6.10 Å². The van der Waals surface area contributed by atoms with E-state index in [1.165, 1.54) is 0 Å². The van der Waals surface area contributed by atoms with Crippen molar-refractivity contribution in [1.82, 2.24) is 10.2 Å². The predicted octanol–water partition coefficient (Wildman–Crippen LogP) is 2.66. The summed E-state index contributed by atoms with van der Waals surface area (Å²) in [6.45, 7) is 3.51. The molecule has 0 aliphatic heterocycles. The zero-order valence-electron chi connectivity index (χ0n) is 10.1. The van der Waals surface area contributed by atoms with E-state index in [1.54, 1.807) is 32.0 Å². The maximum Gasteiger partial charge on any atom is 0.253 e. The van der Waals surface area contributed by atoms with Gasteiger partial charge in [-0.2, -0.15) is 0 Å². The minimum atomic E-state index is -0.664. The minimum Gasteiger partial charge on any atom is -0.483 e. The van der Waals surface area contributed by atoms with Crippen molar-refractivity contribution in [3.63, 3.8) is 0 Å². The molecule has 0 fully saturated rings. The van der Waals surface area contributed by atoms with Gasteiger partial charge >= 0.3 is 0 Å². The van der Waals surface area contributed by atoms with Gasteiger partial charge in [-0.25, -0.2) is 0 Å². The first-order chi connectivity index (χ1) is 8.56. The number of aromatic nitrogens is 2. The number of benzene rings is 1. The molecule has 1 N–H and O–H groups in total. The zero-order valence-corrected chi connectivity index (χ0v) is 10.8. The summed E-state index contributed by atoms with van der Waals surface area (Å²) in [6, 6.07) is 5.07. The highest BCUT2D eigenvalue weighted by Crippen LogP contribution is 2.28. The Morgan fingerprint density at radius 2 is 2.22 bits per heavy atom. The highest BCUT2D eigenvalue weighted by Gasteiger charge is 2.11. The van der Waals surface area contributed by atoms with Gasteiger partial charge in [0.2, 0.25) is 5.89 Å². The molecule has 5 nitrogen and oxygen atoms in total. The SMILES string of the molecule is Cc1nnc(COc2ccc(Cl)cc2[C@H](C)O)o1. The van der Waals surface area contributed by atoms with Gasteiger partial charge in [0.15, 0.2) is 6.61 Å². The number of halogens is 1. The Morgan fingerprint density at radius 3 is 2.83 bits per heavy atom. The van der Waals surface area contributed by atoms with E-state index in [4.69, 9.17) is 20.8 Å². The molecule has 1 aromatic carbocycles. The molecule has 0 aliphatic rings. The van der Waals surface area contributed by atoms with E-state index in [0.29, 0.717) is 28.1 Å². The number of aliphatic hydroxyl groups is 1. The summed E-state index contributed by atoms with van der Waals surface area (Å²) in [5.41, 5.74) is 0.624. The molecule has 1 atom stereocenters. The minimum absolute atomic E-state index is 0.155. The highest BCUT2D eigenvalue weighted by atomic mass is 35.5. The second kappa shape index (κ2) is 5.37. The lowest BCUT2D eigenvalue weighted by atomic mass is 10.1. The fourth-order valence-electron chi connectivity index (χ4n) is 1.51. The molecule has 1 aromatic heterocycles. The molecule has 2 rings (SSSR count). The molecule has 18 heavy (non-hydrogen) atoms. The van der Waals surface area contributed by atoms with Crippen molar-refractivity contribution in [3.8, 4) is 5.75 Å². The third-order valence-electron chi connectivity index (χ3n) is 2.34. The molecule has 1 heterocycles. The molecular weight excluding hydrogens is 256 g/mol. The van der Waals surface area contributed by atoms with Crippen LogP contribution in [0, 0.1) is 6.92 Å². The summed E-state index contributed by atoms with van der Waals surface area (Å²) in [4.78, 5) is 0. The fraction of sp³-hybridized carbons (Fsp3) is 0.333. The van der Waals surface area contributed by atoms with Gasteiger partial charge in [-0.1, -0.05) is 11.6 Å². The maximum atomic E-state index is 9.64. The number of aliphatic hydroxyl groups excluding tert-OH is 1. The van der Waals surface area contributed by atoms with E-state index in [2.05, 4.69) is 10.2 Å². The van der Waals surface area contributed by atoms with Crippen LogP contribution in [-0.2, 0) is 6.61 Å². The number of hydrogen-bond donors (Lipinski definition) is 1. The molecule has 0 unspecified atom stereocenters. The molecule has 0 spiro atoms. The average Bonchev–Trinajstić information content (AvgIpc) is 2.73. The van der Waals surface area contributed by atoms with Gasteiger partial charge in [-0.3, -0.25) is 0 Å². The lowest BCUT2D eigenvalue weighted by molar-refractivity contribution is 0.187. The van der Waals surface area contributed by atoms with Crippen LogP contribution in [0.1, 0.15) is 30.4 Å². The Balaban J connectivity index is 2.13. The van der Waals surface area contributed by atoms with Crippen molar-refractivity contribution in [2.75, 3.05) is 0 Å². The van der Waals surface area contributed by atoms with Crippen LogP contribution in [0.15, 0.2) is 22.6 Å². The normalized spacial score (nSPS) is 12.4. The monoisotopic (exact) mass is 268 g/mol. The van der Waals surface area contributed by atoms with Gasteiger partial charge in [0.25, 0.3) is 5.89 Å². The van der Waals surface area contributed by atoms with Crippen LogP contribution in [0.3, 0.4) is 0 Å². The number of ether oxygens (including phenoxy) is 1. The van der Waals surface area contributed by atoms with Crippen molar-refractivity contribution >= 4 is 11.6 Å². The van der Waals surface area contributed by atoms with Gasteiger partial charge in [0.1, 0.15) is 5.75 Å². The Morgan fingerprint density at radius 1 is 1.44 bits per heavy atom. The number of nitrogens with zero attached hydrogens (tertiary/aromatic N) is 2. The largest absolute Gasteiger partial charge is 0.483 e. The molecule has 0 amide bonds. The van der Waals surface area contributed by atoms with E-state index in [1.807, 2.05) is 0 Å². The quantitative estimate of drug-likeness (QED) is 0.923. The summed E-state index contributed by atoms with van der Waals surface area (Å²) in [6.07, 6.45) is -0.664. The topological polar surface area (TPSA) is 68.4 Å². The van der Waals surface area contributed by atoms with Gasteiger partial charge < -0.3 is 14.3 Å². The summed E-state index contributed by atoms with van der Waals surface area (Å²) < 4.78 is 10.7. The number of rotatable bonds is 4. The molecule has 2 aromatic rings. The second-order valence-corrected chi connectivity index (χ2v) is 4.30. The van der Waals surface area contributed by atoms with Crippen molar-refractivity contribution in [3.05, 3.63) is 40.6 Å². The first-order valence-electron chi connectivity index (χ1n) is 5.45. The van der Waals surface area contributed by atoms with E-state index in [0.717, 1.165) is 0 Å². The first-order valence-corrected chi connectivity index (χ1v) is 5.83. The fourth-order valence-corrected chi connectivity index (χ4v) is 1.69. The van der Waals surface area contributed by atoms with Crippen molar-refractivity contribution < 1.29 is 14.3 Å². The van der Waals surface area contributed by atoms with Crippen molar-refractivity contribution in [2.24, 2.45) is 0 Å². The first kappa shape index (κ1) is 12.9. The Kier molecular flexibility index (Phi) is 3.84. The molecular formula is C12H13ClN2O3. The number of hydrogen-bond acceptors (Lipinski definition) is 5. The Labute approximate surface area is 109 Å². The van der Waals surface area contributed by atoms with Crippen molar-refractivity contribution in [1.29, 1.82) is 0 Å². The van der Waals surface area contributed by atoms with Gasteiger partial charge in [0, 0.05) is 17.5 Å². The Bertz CT molecular complexity index is 540. The summed E-state index contributed by atoms with van der Waals surface area (Å²) >= 11 is 5.87. The van der Waals surface area contributed by atoms with E-state index in [-0.39, 0.29) is 6.61 Å². The number of aryl methyl sites for hydroxylation is 1. The summed E-state index contributed by atoms with van der Waals surface area (Å²) in [5, 5.41) is 17.7. The lowest BCUT2D eigenvalue weighted by Gasteiger charge is -2.12. The van der Waals surface area contributed by atoms with Crippen LogP contribution in [0.5, 0.6) is 5.75 Å². The molecule has 96 valence electrons. The molecule has 0 saturated carbocycles. The van der Waals surface area contributed by atoms with E-state index >= 15 is 0 Å². The molecule has 6 heteroatoms. The third kappa shape index (κ3) is 3.00. The highest BCUT2D eigenvalue weighted by molar-refractivity contribution is 6.30. The van der Waals surface area contributed by atoms with Crippen molar-refractivity contribution in [2.45, 2.75) is 26.6 Å². The van der Waals surface area contributed by atoms with E-state index in [9.17, 15) is 5.11 Å². The maximum absolute atomic E-state index is 9.64. The van der Waals surface area contributed by atoms with Crippen LogP contribution in [0.25, 0.3) is 0 Å². The summed E-state index contributed by atoms with van der Waals surface area (Å²) in [7, 11) is 0. The van der Waals surface area contributed by atoms with Gasteiger partial charge in [0.05, 0.1) is 6.10 Å². The average molecular weight is 269 g/mol. The van der Waals surface area contributed by atoms with Crippen LogP contribution in [-0.4, -0.2) is 15.3 Å². The smallest absolute Gasteiger partial charge is 0.253 e. The molecule has 0 bridgehead atoms. The van der Waals surface area contributed by atoms with Crippen LogP contribution >= 0.6 is 11.6 Å². The van der Waals surface area contributed by atoms with Crippen LogP contribution < -0.4 is 4.74 Å². The second-order valence-electron chi connectivity index (χ2n) is 3.86. The molecule has 0 saturated heterocycles. The van der Waals surface area contributed by atoms with Gasteiger partial charge in [-0.05, 0) is 25.1 Å². The van der Waals surface area contributed by atoms with Crippen LogP contribution in [0.2, 0.25) is 5.02 Å². The summed E-state index contributed by atoms with van der Waals surface area (Å²) in [5.74, 6) is 1.42.